The molecule has 0 bridgehead atoms. The van der Waals surface area contributed by atoms with E-state index in [-0.39, 0.29) is 12.0 Å². The first-order chi connectivity index (χ1) is 8.58. The van der Waals surface area contributed by atoms with Crippen LogP contribution in [0.15, 0.2) is 41.1 Å². The third-order valence-electron chi connectivity index (χ3n) is 2.63. The Morgan fingerprint density at radius 3 is 2.78 bits per heavy atom. The van der Waals surface area contributed by atoms with Crippen LogP contribution < -0.4 is 5.73 Å². The monoisotopic (exact) mass is 312 g/mol. The highest BCUT2D eigenvalue weighted by Gasteiger charge is 2.13. The zero-order valence-corrected chi connectivity index (χ0v) is 11.0. The number of pyridine rings is 1. The zero-order valence-electron chi connectivity index (χ0n) is 9.41. The second-order valence-electron chi connectivity index (χ2n) is 3.96. The highest BCUT2D eigenvalue weighted by Crippen LogP contribution is 2.21. The fourth-order valence-corrected chi connectivity index (χ4v) is 2.07. The molecule has 1 aromatic carbocycles. The summed E-state index contributed by atoms with van der Waals surface area (Å²) in [5.74, 6) is -1.69. The summed E-state index contributed by atoms with van der Waals surface area (Å²) in [6.45, 7) is 0. The van der Waals surface area contributed by atoms with E-state index < -0.39 is 17.7 Å². The standard InChI is InChI=1S/C13H11BrF2N2/c14-10-4-9(6-18-7-10)12(17)5-8-2-1-3-11(15)13(8)16/h1-4,6-7,12H,5,17H2. The van der Waals surface area contributed by atoms with Gasteiger partial charge in [-0.25, -0.2) is 8.78 Å². The van der Waals surface area contributed by atoms with Crippen LogP contribution in [0.3, 0.4) is 0 Å². The van der Waals surface area contributed by atoms with Crippen LogP contribution in [-0.4, -0.2) is 4.98 Å². The van der Waals surface area contributed by atoms with E-state index in [1.54, 1.807) is 12.4 Å². The van der Waals surface area contributed by atoms with E-state index in [4.69, 9.17) is 5.73 Å². The second kappa shape index (κ2) is 5.54. The van der Waals surface area contributed by atoms with Crippen LogP contribution in [0.5, 0.6) is 0 Å². The Balaban J connectivity index is 2.21. The van der Waals surface area contributed by atoms with E-state index in [2.05, 4.69) is 20.9 Å². The molecule has 18 heavy (non-hydrogen) atoms. The van der Waals surface area contributed by atoms with Gasteiger partial charge in [0.2, 0.25) is 0 Å². The zero-order chi connectivity index (χ0) is 13.1. The minimum absolute atomic E-state index is 0.224. The minimum atomic E-state index is -0.855. The third-order valence-corrected chi connectivity index (χ3v) is 3.06. The van der Waals surface area contributed by atoms with E-state index in [1.807, 2.05) is 6.07 Å². The molecule has 1 heterocycles. The van der Waals surface area contributed by atoms with Crippen LogP contribution in [-0.2, 0) is 6.42 Å². The first-order valence-corrected chi connectivity index (χ1v) is 6.16. The average Bonchev–Trinajstić information content (AvgIpc) is 2.35. The average molecular weight is 313 g/mol. The highest BCUT2D eigenvalue weighted by molar-refractivity contribution is 9.10. The fraction of sp³-hybridized carbons (Fsp3) is 0.154. The van der Waals surface area contributed by atoms with Gasteiger partial charge in [-0.05, 0) is 45.6 Å². The van der Waals surface area contributed by atoms with E-state index in [0.717, 1.165) is 16.1 Å². The lowest BCUT2D eigenvalue weighted by atomic mass is 10.0. The summed E-state index contributed by atoms with van der Waals surface area (Å²) in [7, 11) is 0. The predicted octanol–water partition coefficient (Wildman–Crippen LogP) is 3.36. The summed E-state index contributed by atoms with van der Waals surface area (Å²) in [5.41, 5.74) is 7.00. The first-order valence-electron chi connectivity index (χ1n) is 5.37. The van der Waals surface area contributed by atoms with Crippen molar-refractivity contribution in [1.82, 2.24) is 4.98 Å². The van der Waals surface area contributed by atoms with Gasteiger partial charge >= 0.3 is 0 Å². The number of halogens is 3. The summed E-state index contributed by atoms with van der Waals surface area (Å²) in [4.78, 5) is 3.99. The molecular weight excluding hydrogens is 302 g/mol. The second-order valence-corrected chi connectivity index (χ2v) is 4.88. The number of nitrogens with two attached hydrogens (primary N) is 1. The van der Waals surface area contributed by atoms with Crippen molar-refractivity contribution in [3.8, 4) is 0 Å². The first kappa shape index (κ1) is 13.1. The van der Waals surface area contributed by atoms with Gasteiger partial charge in [-0.2, -0.15) is 0 Å². The predicted molar refractivity (Wildman–Crippen MR) is 68.9 cm³/mol. The van der Waals surface area contributed by atoms with Gasteiger partial charge in [0.1, 0.15) is 0 Å². The topological polar surface area (TPSA) is 38.9 Å². The quantitative estimate of drug-likeness (QED) is 0.943. The van der Waals surface area contributed by atoms with Crippen molar-refractivity contribution in [2.75, 3.05) is 0 Å². The van der Waals surface area contributed by atoms with Gasteiger partial charge in [0.15, 0.2) is 11.6 Å². The van der Waals surface area contributed by atoms with Crippen LogP contribution in [0.4, 0.5) is 8.78 Å². The summed E-state index contributed by atoms with van der Waals surface area (Å²) in [5, 5.41) is 0. The molecule has 1 atom stereocenters. The Morgan fingerprint density at radius 1 is 1.28 bits per heavy atom. The molecule has 2 nitrogen and oxygen atoms in total. The largest absolute Gasteiger partial charge is 0.324 e. The molecule has 0 saturated carbocycles. The minimum Gasteiger partial charge on any atom is -0.324 e. The van der Waals surface area contributed by atoms with Gasteiger partial charge in [-0.3, -0.25) is 4.98 Å². The summed E-state index contributed by atoms with van der Waals surface area (Å²) < 4.78 is 27.4. The lowest BCUT2D eigenvalue weighted by Crippen LogP contribution is -2.14. The summed E-state index contributed by atoms with van der Waals surface area (Å²) in [6.07, 6.45) is 3.48. The number of hydrogen-bond acceptors (Lipinski definition) is 2. The van der Waals surface area contributed by atoms with Crippen LogP contribution in [0.25, 0.3) is 0 Å². The van der Waals surface area contributed by atoms with E-state index in [9.17, 15) is 8.78 Å². The number of nitrogens with zero attached hydrogens (tertiary/aromatic N) is 1. The number of aromatic nitrogens is 1. The molecule has 0 aliphatic heterocycles. The van der Waals surface area contributed by atoms with Crippen molar-refractivity contribution in [2.45, 2.75) is 12.5 Å². The van der Waals surface area contributed by atoms with Gasteiger partial charge in [0.05, 0.1) is 0 Å². The molecule has 2 aromatic rings. The molecular formula is C13H11BrF2N2. The Bertz CT molecular complexity index is 560. The molecule has 1 aromatic heterocycles. The Morgan fingerprint density at radius 2 is 2.06 bits per heavy atom. The van der Waals surface area contributed by atoms with Crippen molar-refractivity contribution in [2.24, 2.45) is 5.73 Å². The summed E-state index contributed by atoms with van der Waals surface area (Å²) in [6, 6.07) is 5.48. The number of hydrogen-bond donors (Lipinski definition) is 1. The molecule has 0 radical (unpaired) electrons. The molecule has 5 heteroatoms. The van der Waals surface area contributed by atoms with Gasteiger partial charge in [0, 0.05) is 22.9 Å². The molecule has 0 aliphatic carbocycles. The van der Waals surface area contributed by atoms with Gasteiger partial charge < -0.3 is 5.73 Å². The van der Waals surface area contributed by atoms with Crippen molar-refractivity contribution in [3.05, 3.63) is 63.9 Å². The Hall–Kier alpha value is -1.33. The Labute approximate surface area is 112 Å². The number of benzene rings is 1. The van der Waals surface area contributed by atoms with Crippen molar-refractivity contribution < 1.29 is 8.78 Å². The van der Waals surface area contributed by atoms with Crippen LogP contribution >= 0.6 is 15.9 Å². The molecule has 0 amide bonds. The fourth-order valence-electron chi connectivity index (χ4n) is 1.69. The van der Waals surface area contributed by atoms with E-state index >= 15 is 0 Å². The van der Waals surface area contributed by atoms with E-state index in [1.165, 1.54) is 12.1 Å². The molecule has 1 unspecified atom stereocenters. The highest BCUT2D eigenvalue weighted by atomic mass is 79.9. The van der Waals surface area contributed by atoms with Crippen molar-refractivity contribution in [3.63, 3.8) is 0 Å². The molecule has 0 aliphatic rings. The van der Waals surface area contributed by atoms with Gasteiger partial charge in [0.25, 0.3) is 0 Å². The molecule has 2 N–H and O–H groups in total. The maximum Gasteiger partial charge on any atom is 0.162 e. The van der Waals surface area contributed by atoms with Gasteiger partial charge in [-0.15, -0.1) is 0 Å². The van der Waals surface area contributed by atoms with Crippen molar-refractivity contribution >= 4 is 15.9 Å². The summed E-state index contributed by atoms with van der Waals surface area (Å²) >= 11 is 3.29. The number of rotatable bonds is 3. The van der Waals surface area contributed by atoms with Gasteiger partial charge in [-0.1, -0.05) is 12.1 Å². The van der Waals surface area contributed by atoms with Crippen LogP contribution in [0.1, 0.15) is 17.2 Å². The third kappa shape index (κ3) is 2.91. The smallest absolute Gasteiger partial charge is 0.162 e. The lowest BCUT2D eigenvalue weighted by Gasteiger charge is -2.12. The van der Waals surface area contributed by atoms with Crippen molar-refractivity contribution in [1.29, 1.82) is 0 Å². The maximum absolute atomic E-state index is 13.5. The maximum atomic E-state index is 13.5. The molecule has 2 rings (SSSR count). The van der Waals surface area contributed by atoms with E-state index in [0.29, 0.717) is 0 Å². The van der Waals surface area contributed by atoms with Crippen LogP contribution in [0.2, 0.25) is 0 Å². The van der Waals surface area contributed by atoms with Crippen LogP contribution in [0, 0.1) is 11.6 Å². The molecule has 94 valence electrons. The molecule has 0 saturated heterocycles. The molecule has 0 spiro atoms. The lowest BCUT2D eigenvalue weighted by molar-refractivity contribution is 0.494. The Kier molecular flexibility index (Phi) is 4.04. The SMILES string of the molecule is NC(Cc1cccc(F)c1F)c1cncc(Br)c1. The normalized spacial score (nSPS) is 12.4. The molecule has 0 fully saturated rings.